The van der Waals surface area contributed by atoms with Crippen molar-refractivity contribution in [3.05, 3.63) is 66.0 Å². The van der Waals surface area contributed by atoms with Gasteiger partial charge in [-0.1, -0.05) is 36.4 Å². The van der Waals surface area contributed by atoms with Crippen molar-refractivity contribution in [1.82, 2.24) is 15.6 Å². The maximum Gasteiger partial charge on any atom is 0.191 e. The van der Waals surface area contributed by atoms with E-state index < -0.39 is 0 Å². The van der Waals surface area contributed by atoms with Gasteiger partial charge in [0, 0.05) is 37.9 Å². The van der Waals surface area contributed by atoms with Crippen molar-refractivity contribution in [1.29, 1.82) is 0 Å². The lowest BCUT2D eigenvalue weighted by molar-refractivity contribution is 0.519. The molecule has 1 heterocycles. The van der Waals surface area contributed by atoms with Gasteiger partial charge in [-0.05, 0) is 49.3 Å². The van der Waals surface area contributed by atoms with E-state index in [1.165, 1.54) is 18.4 Å². The minimum absolute atomic E-state index is 0. The lowest BCUT2D eigenvalue weighted by atomic mass is 9.97. The predicted molar refractivity (Wildman–Crippen MR) is 119 cm³/mol. The molecule has 2 aromatic rings. The molecule has 5 heteroatoms. The normalized spacial score (nSPS) is 15.0. The molecule has 3 rings (SSSR count). The molecule has 1 fully saturated rings. The Labute approximate surface area is 173 Å². The number of hydrogen-bond acceptors (Lipinski definition) is 2. The second-order valence-corrected chi connectivity index (χ2v) is 6.86. The number of pyridine rings is 1. The smallest absolute Gasteiger partial charge is 0.191 e. The number of rotatable bonds is 8. The van der Waals surface area contributed by atoms with Gasteiger partial charge in [0.25, 0.3) is 0 Å². The van der Waals surface area contributed by atoms with Gasteiger partial charge in [-0.3, -0.25) is 9.98 Å². The van der Waals surface area contributed by atoms with Gasteiger partial charge in [-0.15, -0.1) is 24.0 Å². The summed E-state index contributed by atoms with van der Waals surface area (Å²) in [5.41, 5.74) is 2.89. The van der Waals surface area contributed by atoms with E-state index in [0.29, 0.717) is 5.41 Å². The van der Waals surface area contributed by atoms with Gasteiger partial charge in [-0.2, -0.15) is 0 Å². The SMILES string of the molecule is CCNC(=NCC1(Cc2ccccc2)CC1)NCCc1ccccn1.I. The van der Waals surface area contributed by atoms with Crippen molar-refractivity contribution in [3.63, 3.8) is 0 Å². The Balaban J connectivity index is 0.00000243. The Morgan fingerprint density at radius 3 is 2.50 bits per heavy atom. The highest BCUT2D eigenvalue weighted by Gasteiger charge is 2.42. The molecule has 0 atom stereocenters. The van der Waals surface area contributed by atoms with E-state index in [9.17, 15) is 0 Å². The molecular formula is C21H29IN4. The number of benzene rings is 1. The van der Waals surface area contributed by atoms with Crippen molar-refractivity contribution in [3.8, 4) is 0 Å². The van der Waals surface area contributed by atoms with E-state index >= 15 is 0 Å². The van der Waals surface area contributed by atoms with Gasteiger partial charge in [0.05, 0.1) is 0 Å². The van der Waals surface area contributed by atoms with Gasteiger partial charge >= 0.3 is 0 Å². The average Bonchev–Trinajstić information content (AvgIpc) is 3.41. The molecule has 0 bridgehead atoms. The summed E-state index contributed by atoms with van der Waals surface area (Å²) in [7, 11) is 0. The standard InChI is InChI=1S/C21H28N4.HI/c1-2-22-20(24-15-11-19-10-6-7-14-23-19)25-17-21(12-13-21)16-18-8-4-3-5-9-18;/h3-10,14H,2,11-13,15-17H2,1H3,(H2,22,24,25);1H. The maximum atomic E-state index is 4.85. The number of halogens is 1. The third kappa shape index (κ3) is 6.59. The van der Waals surface area contributed by atoms with Gasteiger partial charge in [0.2, 0.25) is 0 Å². The van der Waals surface area contributed by atoms with Crippen LogP contribution in [0.25, 0.3) is 0 Å². The lowest BCUT2D eigenvalue weighted by Crippen LogP contribution is -2.39. The molecule has 1 aromatic heterocycles. The molecule has 0 radical (unpaired) electrons. The third-order valence-electron chi connectivity index (χ3n) is 4.70. The van der Waals surface area contributed by atoms with Crippen molar-refractivity contribution < 1.29 is 0 Å². The summed E-state index contributed by atoms with van der Waals surface area (Å²) in [6.07, 6.45) is 6.43. The molecule has 0 saturated heterocycles. The van der Waals surface area contributed by atoms with Crippen LogP contribution in [-0.2, 0) is 12.8 Å². The van der Waals surface area contributed by atoms with E-state index in [1.54, 1.807) is 0 Å². The first kappa shape index (κ1) is 20.7. The zero-order valence-corrected chi connectivity index (χ0v) is 17.8. The Hall–Kier alpha value is -1.63. The molecule has 0 unspecified atom stereocenters. The minimum Gasteiger partial charge on any atom is -0.357 e. The summed E-state index contributed by atoms with van der Waals surface area (Å²) >= 11 is 0. The summed E-state index contributed by atoms with van der Waals surface area (Å²) in [4.78, 5) is 9.21. The van der Waals surface area contributed by atoms with E-state index in [1.807, 2.05) is 18.3 Å². The summed E-state index contributed by atoms with van der Waals surface area (Å²) in [6, 6.07) is 16.8. The Kier molecular flexibility index (Phi) is 8.35. The molecule has 1 aliphatic carbocycles. The fourth-order valence-corrected chi connectivity index (χ4v) is 3.04. The minimum atomic E-state index is 0. The molecule has 26 heavy (non-hydrogen) atoms. The first-order chi connectivity index (χ1) is 12.3. The fraction of sp³-hybridized carbons (Fsp3) is 0.429. The first-order valence-corrected chi connectivity index (χ1v) is 9.26. The van der Waals surface area contributed by atoms with Crippen molar-refractivity contribution in [2.45, 2.75) is 32.6 Å². The molecule has 1 aromatic carbocycles. The molecular weight excluding hydrogens is 435 g/mol. The highest BCUT2D eigenvalue weighted by Crippen LogP contribution is 2.48. The molecule has 0 amide bonds. The molecule has 2 N–H and O–H groups in total. The first-order valence-electron chi connectivity index (χ1n) is 9.26. The third-order valence-corrected chi connectivity index (χ3v) is 4.70. The van der Waals surface area contributed by atoms with Crippen LogP contribution in [0.15, 0.2) is 59.7 Å². The van der Waals surface area contributed by atoms with E-state index in [4.69, 9.17) is 4.99 Å². The van der Waals surface area contributed by atoms with Crippen LogP contribution < -0.4 is 10.6 Å². The van der Waals surface area contributed by atoms with Crippen LogP contribution in [0, 0.1) is 5.41 Å². The molecule has 4 nitrogen and oxygen atoms in total. The van der Waals surface area contributed by atoms with E-state index in [-0.39, 0.29) is 24.0 Å². The predicted octanol–water partition coefficient (Wildman–Crippen LogP) is 3.82. The van der Waals surface area contributed by atoms with Crippen LogP contribution in [0.3, 0.4) is 0 Å². The summed E-state index contributed by atoms with van der Waals surface area (Å²) in [5.74, 6) is 0.915. The van der Waals surface area contributed by atoms with E-state index in [0.717, 1.165) is 44.1 Å². The quantitative estimate of drug-likeness (QED) is 0.355. The molecule has 0 spiro atoms. The van der Waals surface area contributed by atoms with Crippen LogP contribution in [0.1, 0.15) is 31.0 Å². The van der Waals surface area contributed by atoms with Crippen molar-refractivity contribution >= 4 is 29.9 Å². The number of guanidine groups is 1. The van der Waals surface area contributed by atoms with Gasteiger partial charge in [-0.25, -0.2) is 0 Å². The Morgan fingerprint density at radius 2 is 1.85 bits per heavy atom. The number of nitrogens with zero attached hydrogens (tertiary/aromatic N) is 2. The number of aliphatic imine (C=N–C) groups is 1. The second-order valence-electron chi connectivity index (χ2n) is 6.86. The summed E-state index contributed by atoms with van der Waals surface area (Å²) in [6.45, 7) is 4.71. The maximum absolute atomic E-state index is 4.85. The average molecular weight is 464 g/mol. The van der Waals surface area contributed by atoms with Crippen LogP contribution in [0.2, 0.25) is 0 Å². The van der Waals surface area contributed by atoms with Crippen LogP contribution in [0.4, 0.5) is 0 Å². The topological polar surface area (TPSA) is 49.3 Å². The van der Waals surface area contributed by atoms with Gasteiger partial charge in [0.15, 0.2) is 5.96 Å². The van der Waals surface area contributed by atoms with Gasteiger partial charge < -0.3 is 10.6 Å². The van der Waals surface area contributed by atoms with Crippen LogP contribution in [0.5, 0.6) is 0 Å². The molecule has 1 aliphatic rings. The van der Waals surface area contributed by atoms with Crippen LogP contribution >= 0.6 is 24.0 Å². The number of nitrogens with one attached hydrogen (secondary N) is 2. The second kappa shape index (κ2) is 10.5. The molecule has 1 saturated carbocycles. The zero-order chi connectivity index (χ0) is 17.4. The highest BCUT2D eigenvalue weighted by molar-refractivity contribution is 14.0. The summed E-state index contributed by atoms with van der Waals surface area (Å²) in [5, 5.41) is 6.78. The number of hydrogen-bond donors (Lipinski definition) is 2. The fourth-order valence-electron chi connectivity index (χ4n) is 3.04. The zero-order valence-electron chi connectivity index (χ0n) is 15.4. The Bertz CT molecular complexity index is 669. The monoisotopic (exact) mass is 464 g/mol. The highest BCUT2D eigenvalue weighted by atomic mass is 127. The molecule has 0 aliphatic heterocycles. The largest absolute Gasteiger partial charge is 0.357 e. The van der Waals surface area contributed by atoms with E-state index in [2.05, 4.69) is 58.9 Å². The lowest BCUT2D eigenvalue weighted by Gasteiger charge is -2.15. The summed E-state index contributed by atoms with van der Waals surface area (Å²) < 4.78 is 0. The van der Waals surface area contributed by atoms with Crippen LogP contribution in [-0.4, -0.2) is 30.6 Å². The van der Waals surface area contributed by atoms with Crippen molar-refractivity contribution in [2.24, 2.45) is 10.4 Å². The number of aromatic nitrogens is 1. The van der Waals surface area contributed by atoms with Crippen molar-refractivity contribution in [2.75, 3.05) is 19.6 Å². The Morgan fingerprint density at radius 1 is 1.08 bits per heavy atom. The molecule has 140 valence electrons. The van der Waals surface area contributed by atoms with Gasteiger partial charge in [0.1, 0.15) is 0 Å².